The number of nitrogen functional groups attached to an aromatic ring is 1. The molecule has 1 aromatic rings. The summed E-state index contributed by atoms with van der Waals surface area (Å²) in [6, 6.07) is 5.17. The Morgan fingerprint density at radius 3 is 2.50 bits per heavy atom. The molecule has 3 rings (SSSR count). The molecule has 2 aliphatic rings. The van der Waals surface area contributed by atoms with Crippen molar-refractivity contribution in [2.45, 2.75) is 77.0 Å². The van der Waals surface area contributed by atoms with Crippen LogP contribution in [0, 0.1) is 6.92 Å². The van der Waals surface area contributed by atoms with Crippen molar-refractivity contribution in [1.29, 1.82) is 0 Å². The molecule has 1 aliphatic carbocycles. The Kier molecular flexibility index (Phi) is 7.07. The molecular formula is C21H34ClN3O. The first-order valence-corrected chi connectivity index (χ1v) is 10.6. The number of benzene rings is 1. The van der Waals surface area contributed by atoms with E-state index in [1.54, 1.807) is 0 Å². The van der Waals surface area contributed by atoms with Crippen molar-refractivity contribution in [3.8, 4) is 0 Å². The van der Waals surface area contributed by atoms with Crippen LogP contribution in [-0.2, 0) is 4.74 Å². The second kappa shape index (κ2) is 9.29. The molecule has 0 unspecified atom stereocenters. The lowest BCUT2D eigenvalue weighted by molar-refractivity contribution is 0.00428. The number of ether oxygens (including phenoxy) is 1. The van der Waals surface area contributed by atoms with Crippen molar-refractivity contribution in [3.63, 3.8) is 0 Å². The lowest BCUT2D eigenvalue weighted by Crippen LogP contribution is -2.46. The van der Waals surface area contributed by atoms with Crippen molar-refractivity contribution >= 4 is 23.0 Å². The summed E-state index contributed by atoms with van der Waals surface area (Å²) in [6.45, 7) is 7.48. The van der Waals surface area contributed by atoms with Crippen LogP contribution >= 0.6 is 11.6 Å². The number of halogens is 1. The lowest BCUT2D eigenvalue weighted by atomic mass is 9.90. The quantitative estimate of drug-likeness (QED) is 0.694. The van der Waals surface area contributed by atoms with E-state index in [0.717, 1.165) is 41.0 Å². The Hall–Kier alpha value is -0.970. The van der Waals surface area contributed by atoms with Gasteiger partial charge in [0, 0.05) is 36.8 Å². The third kappa shape index (κ3) is 5.05. The van der Waals surface area contributed by atoms with Gasteiger partial charge in [0.05, 0.1) is 17.5 Å². The minimum Gasteiger partial charge on any atom is -0.397 e. The number of anilines is 2. The van der Waals surface area contributed by atoms with Gasteiger partial charge in [-0.15, -0.1) is 0 Å². The molecule has 0 aromatic heterocycles. The number of nitrogens with two attached hydrogens (primary N) is 1. The number of likely N-dealkylation sites (tertiary alicyclic amines) is 1. The van der Waals surface area contributed by atoms with Crippen molar-refractivity contribution in [2.24, 2.45) is 0 Å². The summed E-state index contributed by atoms with van der Waals surface area (Å²) in [6.07, 6.45) is 9.00. The summed E-state index contributed by atoms with van der Waals surface area (Å²) < 4.78 is 5.93. The molecule has 1 aliphatic heterocycles. The molecule has 5 heteroatoms. The molecule has 0 amide bonds. The van der Waals surface area contributed by atoms with E-state index in [2.05, 4.69) is 23.2 Å². The molecule has 0 atom stereocenters. The minimum atomic E-state index is 0.498. The maximum absolute atomic E-state index is 6.15. The predicted molar refractivity (Wildman–Crippen MR) is 111 cm³/mol. The summed E-state index contributed by atoms with van der Waals surface area (Å²) in [5.74, 6) is 0. The number of nitrogens with one attached hydrogen (secondary N) is 1. The fraction of sp³-hybridized carbons (Fsp3) is 0.714. The minimum absolute atomic E-state index is 0.498. The molecule has 4 nitrogen and oxygen atoms in total. The van der Waals surface area contributed by atoms with E-state index in [-0.39, 0.29) is 0 Å². The van der Waals surface area contributed by atoms with Gasteiger partial charge in [0.15, 0.2) is 0 Å². The smallest absolute Gasteiger partial charge is 0.0579 e. The number of hydrogen-bond donors (Lipinski definition) is 2. The Morgan fingerprint density at radius 1 is 1.15 bits per heavy atom. The third-order valence-corrected chi connectivity index (χ3v) is 6.34. The van der Waals surface area contributed by atoms with Crippen molar-refractivity contribution in [3.05, 3.63) is 22.7 Å². The molecule has 3 N–H and O–H groups in total. The molecule has 0 spiro atoms. The fourth-order valence-electron chi connectivity index (χ4n) is 4.31. The first-order chi connectivity index (χ1) is 12.6. The van der Waals surface area contributed by atoms with Crippen LogP contribution in [0.15, 0.2) is 12.1 Å². The molecule has 1 heterocycles. The van der Waals surface area contributed by atoms with Crippen LogP contribution in [0.4, 0.5) is 11.4 Å². The maximum atomic E-state index is 6.15. The van der Waals surface area contributed by atoms with Crippen LogP contribution in [0.5, 0.6) is 0 Å². The summed E-state index contributed by atoms with van der Waals surface area (Å²) >= 11 is 6.15. The lowest BCUT2D eigenvalue weighted by Gasteiger charge is -2.41. The van der Waals surface area contributed by atoms with Crippen LogP contribution in [0.1, 0.15) is 57.4 Å². The maximum Gasteiger partial charge on any atom is 0.0579 e. The van der Waals surface area contributed by atoms with Gasteiger partial charge in [0.2, 0.25) is 0 Å². The average Bonchev–Trinajstić information content (AvgIpc) is 2.65. The van der Waals surface area contributed by atoms with E-state index in [1.807, 2.05) is 13.0 Å². The Bertz CT molecular complexity index is 579. The van der Waals surface area contributed by atoms with Crippen LogP contribution < -0.4 is 11.1 Å². The molecule has 1 saturated heterocycles. The van der Waals surface area contributed by atoms with E-state index in [0.29, 0.717) is 12.1 Å². The first kappa shape index (κ1) is 19.8. The van der Waals surface area contributed by atoms with Gasteiger partial charge in [-0.05, 0) is 69.6 Å². The zero-order chi connectivity index (χ0) is 18.5. The number of aryl methyl sites for hydroxylation is 1. The summed E-state index contributed by atoms with van der Waals surface area (Å²) in [5.41, 5.74) is 8.97. The molecule has 2 fully saturated rings. The van der Waals surface area contributed by atoms with Crippen LogP contribution in [0.3, 0.4) is 0 Å². The highest BCUT2D eigenvalue weighted by atomic mass is 35.5. The van der Waals surface area contributed by atoms with Crippen LogP contribution in [0.2, 0.25) is 5.02 Å². The predicted octanol–water partition coefficient (Wildman–Crippen LogP) is 4.84. The summed E-state index contributed by atoms with van der Waals surface area (Å²) in [7, 11) is 0. The zero-order valence-electron chi connectivity index (χ0n) is 16.3. The molecule has 1 saturated carbocycles. The van der Waals surface area contributed by atoms with E-state index in [1.165, 1.54) is 51.6 Å². The highest BCUT2D eigenvalue weighted by Crippen LogP contribution is 2.30. The van der Waals surface area contributed by atoms with Gasteiger partial charge in [-0.25, -0.2) is 0 Å². The Labute approximate surface area is 163 Å². The van der Waals surface area contributed by atoms with Gasteiger partial charge in [-0.3, -0.25) is 0 Å². The highest BCUT2D eigenvalue weighted by molar-refractivity contribution is 6.31. The van der Waals surface area contributed by atoms with Gasteiger partial charge in [0.25, 0.3) is 0 Å². The molecular weight excluding hydrogens is 346 g/mol. The second-order valence-electron chi connectivity index (χ2n) is 7.94. The van der Waals surface area contributed by atoms with E-state index < -0.39 is 0 Å². The normalized spacial score (nSPS) is 25.3. The fourth-order valence-corrected chi connectivity index (χ4v) is 4.48. The van der Waals surface area contributed by atoms with E-state index >= 15 is 0 Å². The zero-order valence-corrected chi connectivity index (χ0v) is 17.0. The summed E-state index contributed by atoms with van der Waals surface area (Å²) in [5, 5.41) is 4.38. The first-order valence-electron chi connectivity index (χ1n) is 10.2. The Morgan fingerprint density at radius 2 is 1.85 bits per heavy atom. The van der Waals surface area contributed by atoms with Crippen LogP contribution in [-0.4, -0.2) is 42.8 Å². The summed E-state index contributed by atoms with van der Waals surface area (Å²) in [4.78, 5) is 2.70. The van der Waals surface area contributed by atoms with E-state index in [4.69, 9.17) is 22.1 Å². The number of rotatable bonds is 6. The van der Waals surface area contributed by atoms with Crippen LogP contribution in [0.25, 0.3) is 0 Å². The molecule has 146 valence electrons. The average molecular weight is 380 g/mol. The van der Waals surface area contributed by atoms with Crippen molar-refractivity contribution in [1.82, 2.24) is 4.90 Å². The van der Waals surface area contributed by atoms with E-state index in [9.17, 15) is 0 Å². The molecule has 1 aromatic carbocycles. The SMILES string of the molecule is CCCO[C@H]1CC[C@@H](N2CCC(Nc3cc(C)c(Cl)cc3N)CC2)CC1. The number of hydrogen-bond acceptors (Lipinski definition) is 4. The highest BCUT2D eigenvalue weighted by Gasteiger charge is 2.29. The Balaban J connectivity index is 1.44. The standard InChI is InChI=1S/C21H34ClN3O/c1-3-12-26-18-6-4-17(5-7-18)25-10-8-16(9-11-25)24-21-13-15(2)19(22)14-20(21)23/h13-14,16-18,24H,3-12,23H2,1-2H3/t17-,18+. The van der Waals surface area contributed by atoms with Gasteiger partial charge in [-0.1, -0.05) is 18.5 Å². The molecule has 26 heavy (non-hydrogen) atoms. The van der Waals surface area contributed by atoms with Gasteiger partial charge < -0.3 is 20.7 Å². The van der Waals surface area contributed by atoms with Gasteiger partial charge in [-0.2, -0.15) is 0 Å². The molecule has 0 bridgehead atoms. The number of nitrogens with zero attached hydrogens (tertiary/aromatic N) is 1. The monoisotopic (exact) mass is 379 g/mol. The van der Waals surface area contributed by atoms with Crippen molar-refractivity contribution < 1.29 is 4.74 Å². The number of piperidine rings is 1. The van der Waals surface area contributed by atoms with Crippen molar-refractivity contribution in [2.75, 3.05) is 30.7 Å². The topological polar surface area (TPSA) is 50.5 Å². The van der Waals surface area contributed by atoms with Gasteiger partial charge >= 0.3 is 0 Å². The molecule has 0 radical (unpaired) electrons. The largest absolute Gasteiger partial charge is 0.397 e. The van der Waals surface area contributed by atoms with Gasteiger partial charge in [0.1, 0.15) is 0 Å². The second-order valence-corrected chi connectivity index (χ2v) is 8.35. The third-order valence-electron chi connectivity index (χ3n) is 5.94.